The van der Waals surface area contributed by atoms with E-state index in [2.05, 4.69) is 5.32 Å². The Morgan fingerprint density at radius 1 is 1.25 bits per heavy atom. The summed E-state index contributed by atoms with van der Waals surface area (Å²) < 4.78 is 0. The molecule has 1 aromatic rings. The number of hydrogen-bond donors (Lipinski definition) is 1. The van der Waals surface area contributed by atoms with Crippen molar-refractivity contribution in [3.8, 4) is 0 Å². The summed E-state index contributed by atoms with van der Waals surface area (Å²) in [6.07, 6.45) is 2.46. The average Bonchev–Trinajstić information content (AvgIpc) is 3.05. The summed E-state index contributed by atoms with van der Waals surface area (Å²) in [5.74, 6) is 0.739. The van der Waals surface area contributed by atoms with Crippen LogP contribution in [0.15, 0.2) is 18.2 Å². The maximum Gasteiger partial charge on any atom is 0.0637 e. The summed E-state index contributed by atoms with van der Waals surface area (Å²) in [6, 6.07) is 5.70. The number of hydrogen-bond acceptors (Lipinski definition) is 1. The predicted octanol–water partition coefficient (Wildman–Crippen LogP) is 4.10. The van der Waals surface area contributed by atoms with Crippen LogP contribution in [-0.4, -0.2) is 12.4 Å². The molecule has 0 aliphatic heterocycles. The van der Waals surface area contributed by atoms with Gasteiger partial charge in [0.15, 0.2) is 0 Å². The van der Waals surface area contributed by atoms with Crippen LogP contribution in [0.25, 0.3) is 0 Å². The van der Waals surface area contributed by atoms with Crippen LogP contribution in [0.3, 0.4) is 0 Å². The Labute approximate surface area is 111 Å². The Bertz CT molecular complexity index is 375. The van der Waals surface area contributed by atoms with Gasteiger partial charge in [-0.05, 0) is 29.9 Å². The highest BCUT2D eigenvalue weighted by molar-refractivity contribution is 6.42. The summed E-state index contributed by atoms with van der Waals surface area (Å²) in [7, 11) is 0. The molecule has 1 aliphatic rings. The molecule has 2 rings (SSSR count). The summed E-state index contributed by atoms with van der Waals surface area (Å²) in [6.45, 7) is 1.71. The van der Waals surface area contributed by atoms with Gasteiger partial charge in [0.1, 0.15) is 0 Å². The van der Waals surface area contributed by atoms with Crippen molar-refractivity contribution in [3.63, 3.8) is 0 Å². The molecule has 1 aliphatic carbocycles. The van der Waals surface area contributed by atoms with Crippen LogP contribution in [0.4, 0.5) is 0 Å². The molecule has 0 amide bonds. The molecule has 0 bridgehead atoms. The van der Waals surface area contributed by atoms with Crippen LogP contribution in [0.2, 0.25) is 10.0 Å². The zero-order chi connectivity index (χ0) is 11.6. The lowest BCUT2D eigenvalue weighted by molar-refractivity contribution is 0.505. The van der Waals surface area contributed by atoms with Gasteiger partial charge in [-0.1, -0.05) is 35.3 Å². The van der Waals surface area contributed by atoms with Gasteiger partial charge >= 0.3 is 0 Å². The molecule has 1 N–H and O–H groups in total. The van der Waals surface area contributed by atoms with E-state index in [1.54, 1.807) is 6.07 Å². The fraction of sp³-hybridized carbons (Fsp3) is 0.500. The first-order valence-electron chi connectivity index (χ1n) is 5.36. The van der Waals surface area contributed by atoms with Crippen molar-refractivity contribution in [1.29, 1.82) is 0 Å². The molecule has 1 saturated carbocycles. The molecule has 1 aromatic carbocycles. The van der Waals surface area contributed by atoms with E-state index < -0.39 is 0 Å². The first-order chi connectivity index (χ1) is 7.67. The lowest BCUT2D eigenvalue weighted by Crippen LogP contribution is -2.24. The SMILES string of the molecule is ClCC1(CNCc2cccc(Cl)c2Cl)CC1. The molecule has 1 fully saturated rings. The lowest BCUT2D eigenvalue weighted by atomic mass is 10.1. The lowest BCUT2D eigenvalue weighted by Gasteiger charge is -2.13. The summed E-state index contributed by atoms with van der Waals surface area (Å²) in [5.41, 5.74) is 1.38. The van der Waals surface area contributed by atoms with Gasteiger partial charge in [0.25, 0.3) is 0 Å². The molecule has 88 valence electrons. The third kappa shape index (κ3) is 2.84. The Kier molecular flexibility index (Phi) is 4.01. The van der Waals surface area contributed by atoms with Crippen LogP contribution in [0, 0.1) is 5.41 Å². The zero-order valence-electron chi connectivity index (χ0n) is 8.90. The predicted molar refractivity (Wildman–Crippen MR) is 70.6 cm³/mol. The minimum absolute atomic E-state index is 0.340. The molecule has 0 radical (unpaired) electrons. The summed E-state index contributed by atoms with van der Waals surface area (Å²) >= 11 is 17.9. The monoisotopic (exact) mass is 277 g/mol. The Morgan fingerprint density at radius 2 is 2.00 bits per heavy atom. The molecule has 0 unspecified atom stereocenters. The zero-order valence-corrected chi connectivity index (χ0v) is 11.2. The molecular weight excluding hydrogens is 264 g/mol. The second-order valence-corrected chi connectivity index (χ2v) is 5.50. The molecule has 0 atom stereocenters. The first kappa shape index (κ1) is 12.5. The molecule has 16 heavy (non-hydrogen) atoms. The van der Waals surface area contributed by atoms with Crippen LogP contribution in [0.5, 0.6) is 0 Å². The summed E-state index contributed by atoms with van der Waals surface area (Å²) in [4.78, 5) is 0. The van der Waals surface area contributed by atoms with Crippen LogP contribution in [0.1, 0.15) is 18.4 Å². The molecule has 0 saturated heterocycles. The first-order valence-corrected chi connectivity index (χ1v) is 6.65. The van der Waals surface area contributed by atoms with Gasteiger partial charge in [0.2, 0.25) is 0 Å². The average molecular weight is 279 g/mol. The van der Waals surface area contributed by atoms with E-state index in [1.807, 2.05) is 12.1 Å². The number of halogens is 3. The summed E-state index contributed by atoms with van der Waals surface area (Å²) in [5, 5.41) is 4.65. The highest BCUT2D eigenvalue weighted by Gasteiger charge is 2.41. The largest absolute Gasteiger partial charge is 0.312 e. The molecular formula is C12H14Cl3N. The van der Waals surface area contributed by atoms with Gasteiger partial charge in [-0.15, -0.1) is 11.6 Å². The normalized spacial score (nSPS) is 17.4. The van der Waals surface area contributed by atoms with E-state index in [0.717, 1.165) is 24.5 Å². The smallest absolute Gasteiger partial charge is 0.0637 e. The van der Waals surface area contributed by atoms with Gasteiger partial charge in [-0.3, -0.25) is 0 Å². The van der Waals surface area contributed by atoms with Crippen molar-refractivity contribution >= 4 is 34.8 Å². The number of nitrogens with one attached hydrogen (secondary N) is 1. The molecule has 0 aromatic heterocycles. The fourth-order valence-corrected chi connectivity index (χ4v) is 2.43. The maximum atomic E-state index is 6.09. The van der Waals surface area contributed by atoms with E-state index >= 15 is 0 Å². The van der Waals surface area contributed by atoms with E-state index in [-0.39, 0.29) is 0 Å². The highest BCUT2D eigenvalue weighted by atomic mass is 35.5. The van der Waals surface area contributed by atoms with Gasteiger partial charge in [0.05, 0.1) is 10.0 Å². The van der Waals surface area contributed by atoms with Crippen LogP contribution < -0.4 is 5.32 Å². The minimum Gasteiger partial charge on any atom is -0.312 e. The van der Waals surface area contributed by atoms with Gasteiger partial charge < -0.3 is 5.32 Å². The quantitative estimate of drug-likeness (QED) is 0.800. The second-order valence-electron chi connectivity index (χ2n) is 4.45. The topological polar surface area (TPSA) is 12.0 Å². The van der Waals surface area contributed by atoms with E-state index in [1.165, 1.54) is 12.8 Å². The Morgan fingerprint density at radius 3 is 2.62 bits per heavy atom. The van der Waals surface area contributed by atoms with Crippen molar-refractivity contribution in [2.24, 2.45) is 5.41 Å². The van der Waals surface area contributed by atoms with Gasteiger partial charge in [0, 0.05) is 19.0 Å². The third-order valence-corrected chi connectivity index (χ3v) is 4.51. The van der Waals surface area contributed by atoms with Gasteiger partial charge in [-0.25, -0.2) is 0 Å². The van der Waals surface area contributed by atoms with Crippen LogP contribution >= 0.6 is 34.8 Å². The van der Waals surface area contributed by atoms with E-state index in [0.29, 0.717) is 15.5 Å². The van der Waals surface area contributed by atoms with Crippen molar-refractivity contribution in [1.82, 2.24) is 5.32 Å². The van der Waals surface area contributed by atoms with Crippen LogP contribution in [-0.2, 0) is 6.54 Å². The Balaban J connectivity index is 1.88. The van der Waals surface area contributed by atoms with Crippen molar-refractivity contribution in [3.05, 3.63) is 33.8 Å². The fourth-order valence-electron chi connectivity index (χ4n) is 1.68. The number of benzene rings is 1. The number of rotatable bonds is 5. The van der Waals surface area contributed by atoms with Gasteiger partial charge in [-0.2, -0.15) is 0 Å². The standard InChI is InChI=1S/C12H14Cl3N/c13-7-12(4-5-12)8-16-6-9-2-1-3-10(14)11(9)15/h1-3,16H,4-8H2. The van der Waals surface area contributed by atoms with Crippen molar-refractivity contribution in [2.45, 2.75) is 19.4 Å². The molecule has 4 heteroatoms. The minimum atomic E-state index is 0.340. The molecule has 0 spiro atoms. The van der Waals surface area contributed by atoms with E-state index in [4.69, 9.17) is 34.8 Å². The Hall–Kier alpha value is 0.0500. The van der Waals surface area contributed by atoms with Crippen molar-refractivity contribution in [2.75, 3.05) is 12.4 Å². The number of alkyl halides is 1. The molecule has 0 heterocycles. The maximum absolute atomic E-state index is 6.09. The third-order valence-electron chi connectivity index (χ3n) is 3.09. The van der Waals surface area contributed by atoms with Crippen molar-refractivity contribution < 1.29 is 0 Å². The second kappa shape index (κ2) is 5.14. The molecule has 1 nitrogen and oxygen atoms in total. The highest BCUT2D eigenvalue weighted by Crippen LogP contribution is 2.45. The van der Waals surface area contributed by atoms with E-state index in [9.17, 15) is 0 Å².